The van der Waals surface area contributed by atoms with Crippen LogP contribution in [0.25, 0.3) is 0 Å². The van der Waals surface area contributed by atoms with E-state index in [0.717, 1.165) is 12.8 Å². The van der Waals surface area contributed by atoms with Crippen molar-refractivity contribution in [2.45, 2.75) is 33.6 Å². The number of hydrogen-bond acceptors (Lipinski definition) is 4. The standard InChI is InChI=1S/C11H20O4/c1-4-5-6-14-7-8-15-11(13)9(2)10(3)12/h9H,4-8H2,1-3H3. The second kappa shape index (κ2) is 8.41. The van der Waals surface area contributed by atoms with Gasteiger partial charge in [-0.05, 0) is 20.3 Å². The molecule has 0 radical (unpaired) electrons. The first-order chi connectivity index (χ1) is 7.09. The molecule has 0 aromatic rings. The SMILES string of the molecule is CCCCOCCOC(=O)C(C)C(C)=O. The fourth-order valence-corrected chi connectivity index (χ4v) is 0.841. The van der Waals surface area contributed by atoms with E-state index < -0.39 is 11.9 Å². The third kappa shape index (κ3) is 7.08. The molecule has 0 heterocycles. The summed E-state index contributed by atoms with van der Waals surface area (Å²) in [7, 11) is 0. The molecule has 0 aliphatic rings. The average molecular weight is 216 g/mol. The number of ketones is 1. The quantitative estimate of drug-likeness (QED) is 0.351. The van der Waals surface area contributed by atoms with Gasteiger partial charge in [0.2, 0.25) is 0 Å². The summed E-state index contributed by atoms with van der Waals surface area (Å²) in [6.07, 6.45) is 2.10. The van der Waals surface area contributed by atoms with Crippen LogP contribution in [0.3, 0.4) is 0 Å². The van der Waals surface area contributed by atoms with Crippen LogP contribution in [0.15, 0.2) is 0 Å². The van der Waals surface area contributed by atoms with Gasteiger partial charge in [0, 0.05) is 6.61 Å². The maximum atomic E-state index is 11.2. The molecule has 0 aliphatic heterocycles. The summed E-state index contributed by atoms with van der Waals surface area (Å²) >= 11 is 0. The molecule has 4 nitrogen and oxygen atoms in total. The number of esters is 1. The molecule has 0 bridgehead atoms. The van der Waals surface area contributed by atoms with Crippen molar-refractivity contribution in [2.75, 3.05) is 19.8 Å². The molecule has 0 saturated carbocycles. The minimum atomic E-state index is -0.666. The van der Waals surface area contributed by atoms with E-state index in [1.54, 1.807) is 6.92 Å². The summed E-state index contributed by atoms with van der Waals surface area (Å²) in [5, 5.41) is 0. The minimum Gasteiger partial charge on any atom is -0.463 e. The summed E-state index contributed by atoms with van der Waals surface area (Å²) in [4.78, 5) is 22.0. The van der Waals surface area contributed by atoms with Gasteiger partial charge in [0.1, 0.15) is 18.3 Å². The van der Waals surface area contributed by atoms with Gasteiger partial charge < -0.3 is 9.47 Å². The Bertz CT molecular complexity index is 201. The summed E-state index contributed by atoms with van der Waals surface area (Å²) in [6.45, 7) is 6.32. The molecule has 0 spiro atoms. The van der Waals surface area contributed by atoms with Gasteiger partial charge in [0.25, 0.3) is 0 Å². The average Bonchev–Trinajstić information content (AvgIpc) is 2.21. The Balaban J connectivity index is 3.43. The zero-order chi connectivity index (χ0) is 11.7. The van der Waals surface area contributed by atoms with Crippen LogP contribution < -0.4 is 0 Å². The highest BCUT2D eigenvalue weighted by molar-refractivity contribution is 5.97. The van der Waals surface area contributed by atoms with Crippen LogP contribution in [-0.2, 0) is 19.1 Å². The number of carbonyl (C=O) groups excluding carboxylic acids is 2. The molecule has 0 saturated heterocycles. The van der Waals surface area contributed by atoms with Crippen molar-refractivity contribution >= 4 is 11.8 Å². The van der Waals surface area contributed by atoms with Crippen molar-refractivity contribution in [1.29, 1.82) is 0 Å². The maximum absolute atomic E-state index is 11.2. The number of rotatable bonds is 8. The van der Waals surface area contributed by atoms with E-state index >= 15 is 0 Å². The second-order valence-corrected chi connectivity index (χ2v) is 3.47. The van der Waals surface area contributed by atoms with Gasteiger partial charge in [0.05, 0.1) is 6.61 Å². The van der Waals surface area contributed by atoms with Crippen molar-refractivity contribution in [3.63, 3.8) is 0 Å². The molecule has 0 aliphatic carbocycles. The molecule has 0 aromatic carbocycles. The fraction of sp³-hybridized carbons (Fsp3) is 0.818. The number of Topliss-reactive ketones (excluding diaryl/α,β-unsaturated/α-hetero) is 1. The lowest BCUT2D eigenvalue weighted by molar-refractivity contribution is -0.152. The molecule has 0 N–H and O–H groups in total. The van der Waals surface area contributed by atoms with Gasteiger partial charge in [-0.25, -0.2) is 0 Å². The Morgan fingerprint density at radius 3 is 2.40 bits per heavy atom. The van der Waals surface area contributed by atoms with Gasteiger partial charge in [-0.3, -0.25) is 9.59 Å². The van der Waals surface area contributed by atoms with Crippen LogP contribution in [0.2, 0.25) is 0 Å². The number of carbonyl (C=O) groups is 2. The van der Waals surface area contributed by atoms with Crippen LogP contribution >= 0.6 is 0 Å². The molecule has 0 rings (SSSR count). The molecule has 0 aromatic heterocycles. The first-order valence-corrected chi connectivity index (χ1v) is 5.34. The van der Waals surface area contributed by atoms with E-state index in [-0.39, 0.29) is 12.4 Å². The van der Waals surface area contributed by atoms with E-state index in [2.05, 4.69) is 6.92 Å². The summed E-state index contributed by atoms with van der Waals surface area (Å²) in [6, 6.07) is 0. The van der Waals surface area contributed by atoms with Crippen LogP contribution in [0.5, 0.6) is 0 Å². The Labute approximate surface area is 90.9 Å². The topological polar surface area (TPSA) is 52.6 Å². The lowest BCUT2D eigenvalue weighted by Gasteiger charge is -2.08. The summed E-state index contributed by atoms with van der Waals surface area (Å²) in [5.74, 6) is -1.31. The zero-order valence-corrected chi connectivity index (χ0v) is 9.75. The second-order valence-electron chi connectivity index (χ2n) is 3.47. The highest BCUT2D eigenvalue weighted by atomic mass is 16.6. The van der Waals surface area contributed by atoms with Gasteiger partial charge >= 0.3 is 5.97 Å². The first kappa shape index (κ1) is 14.1. The van der Waals surface area contributed by atoms with Crippen LogP contribution in [-0.4, -0.2) is 31.6 Å². The van der Waals surface area contributed by atoms with E-state index in [9.17, 15) is 9.59 Å². The largest absolute Gasteiger partial charge is 0.463 e. The molecule has 0 amide bonds. The van der Waals surface area contributed by atoms with E-state index in [4.69, 9.17) is 9.47 Å². The molecule has 1 unspecified atom stereocenters. The number of ether oxygens (including phenoxy) is 2. The van der Waals surface area contributed by atoms with Gasteiger partial charge in [0.15, 0.2) is 0 Å². The van der Waals surface area contributed by atoms with E-state index in [0.29, 0.717) is 13.2 Å². The Morgan fingerprint density at radius 2 is 1.87 bits per heavy atom. The van der Waals surface area contributed by atoms with E-state index in [1.807, 2.05) is 0 Å². The highest BCUT2D eigenvalue weighted by Crippen LogP contribution is 1.99. The van der Waals surface area contributed by atoms with Crippen LogP contribution in [0.1, 0.15) is 33.6 Å². The smallest absolute Gasteiger partial charge is 0.316 e. The Hall–Kier alpha value is -0.900. The normalized spacial score (nSPS) is 12.2. The zero-order valence-electron chi connectivity index (χ0n) is 9.75. The number of hydrogen-bond donors (Lipinski definition) is 0. The van der Waals surface area contributed by atoms with Crippen molar-refractivity contribution in [1.82, 2.24) is 0 Å². The van der Waals surface area contributed by atoms with Crippen molar-refractivity contribution in [2.24, 2.45) is 5.92 Å². The number of unbranched alkanes of at least 4 members (excludes halogenated alkanes) is 1. The van der Waals surface area contributed by atoms with E-state index in [1.165, 1.54) is 6.92 Å². The molecular weight excluding hydrogens is 196 g/mol. The lowest BCUT2D eigenvalue weighted by Crippen LogP contribution is -2.22. The van der Waals surface area contributed by atoms with Crippen LogP contribution in [0, 0.1) is 5.92 Å². The van der Waals surface area contributed by atoms with Gasteiger partial charge in [-0.2, -0.15) is 0 Å². The van der Waals surface area contributed by atoms with Crippen molar-refractivity contribution < 1.29 is 19.1 Å². The lowest BCUT2D eigenvalue weighted by atomic mass is 10.1. The molecule has 0 fully saturated rings. The minimum absolute atomic E-state index is 0.174. The van der Waals surface area contributed by atoms with Gasteiger partial charge in [-0.15, -0.1) is 0 Å². The van der Waals surface area contributed by atoms with Crippen LogP contribution in [0.4, 0.5) is 0 Å². The summed E-state index contributed by atoms with van der Waals surface area (Å²) in [5.41, 5.74) is 0. The molecule has 15 heavy (non-hydrogen) atoms. The molecule has 1 atom stereocenters. The Morgan fingerprint density at radius 1 is 1.20 bits per heavy atom. The highest BCUT2D eigenvalue weighted by Gasteiger charge is 2.18. The fourth-order valence-electron chi connectivity index (χ4n) is 0.841. The Kier molecular flexibility index (Phi) is 7.91. The summed E-state index contributed by atoms with van der Waals surface area (Å²) < 4.78 is 10.1. The maximum Gasteiger partial charge on any atom is 0.316 e. The molecular formula is C11H20O4. The predicted octanol–water partition coefficient (Wildman–Crippen LogP) is 1.57. The third-order valence-corrected chi connectivity index (χ3v) is 2.08. The third-order valence-electron chi connectivity index (χ3n) is 2.08. The van der Waals surface area contributed by atoms with Gasteiger partial charge in [-0.1, -0.05) is 13.3 Å². The predicted molar refractivity (Wildman–Crippen MR) is 56.5 cm³/mol. The monoisotopic (exact) mass is 216 g/mol. The van der Waals surface area contributed by atoms with Crippen molar-refractivity contribution in [3.05, 3.63) is 0 Å². The first-order valence-electron chi connectivity index (χ1n) is 5.34. The van der Waals surface area contributed by atoms with Crippen molar-refractivity contribution in [3.8, 4) is 0 Å². The molecule has 88 valence electrons. The molecule has 4 heteroatoms.